The van der Waals surface area contributed by atoms with E-state index in [1.165, 1.54) is 6.92 Å². The fourth-order valence-corrected chi connectivity index (χ4v) is 1.35. The van der Waals surface area contributed by atoms with E-state index in [1.54, 1.807) is 0 Å². The molecule has 0 bridgehead atoms. The van der Waals surface area contributed by atoms with Crippen molar-refractivity contribution in [2.75, 3.05) is 6.61 Å². The van der Waals surface area contributed by atoms with E-state index in [4.69, 9.17) is 0 Å². The Balaban J connectivity index is 3.23. The number of hydrogen-bond acceptors (Lipinski definition) is 2. The molecule has 2 nitrogen and oxygen atoms in total. The Kier molecular flexibility index (Phi) is 4.31. The average Bonchev–Trinajstić information content (AvgIpc) is 2.32. The number of esters is 1. The van der Waals surface area contributed by atoms with Gasteiger partial charge in [0.2, 0.25) is 6.17 Å². The summed E-state index contributed by atoms with van der Waals surface area (Å²) in [6, 6.07) is 1.99. The van der Waals surface area contributed by atoms with Crippen molar-refractivity contribution in [3.05, 3.63) is 41.5 Å². The monoisotopic (exact) mass is 244 g/mol. The SMILES string of the molecule is C=Cc1ccc(F)c(F)c1C(F)C(=O)OCC. The summed E-state index contributed by atoms with van der Waals surface area (Å²) in [7, 11) is 0. The molecule has 0 saturated heterocycles. The summed E-state index contributed by atoms with van der Waals surface area (Å²) >= 11 is 0. The van der Waals surface area contributed by atoms with Crippen LogP contribution in [-0.2, 0) is 9.53 Å². The van der Waals surface area contributed by atoms with Crippen molar-refractivity contribution in [2.45, 2.75) is 13.1 Å². The van der Waals surface area contributed by atoms with Gasteiger partial charge in [0.15, 0.2) is 11.6 Å². The van der Waals surface area contributed by atoms with Gasteiger partial charge in [0.05, 0.1) is 6.61 Å². The van der Waals surface area contributed by atoms with Gasteiger partial charge in [-0.3, -0.25) is 0 Å². The first-order valence-corrected chi connectivity index (χ1v) is 4.94. The molecule has 5 heteroatoms. The summed E-state index contributed by atoms with van der Waals surface area (Å²) in [5, 5.41) is 0. The van der Waals surface area contributed by atoms with E-state index in [0.29, 0.717) is 0 Å². The lowest BCUT2D eigenvalue weighted by Crippen LogP contribution is -2.15. The van der Waals surface area contributed by atoms with Gasteiger partial charge in [-0.15, -0.1) is 0 Å². The van der Waals surface area contributed by atoms with Crippen LogP contribution in [0, 0.1) is 11.6 Å². The number of carbonyl (C=O) groups is 1. The highest BCUT2D eigenvalue weighted by molar-refractivity contribution is 5.78. The lowest BCUT2D eigenvalue weighted by Gasteiger charge is -2.12. The van der Waals surface area contributed by atoms with Crippen molar-refractivity contribution < 1.29 is 22.7 Å². The molecule has 1 rings (SSSR count). The smallest absolute Gasteiger partial charge is 0.345 e. The quantitative estimate of drug-likeness (QED) is 0.760. The maximum absolute atomic E-state index is 13.7. The van der Waals surface area contributed by atoms with E-state index < -0.39 is 29.3 Å². The highest BCUT2D eigenvalue weighted by Gasteiger charge is 2.28. The second kappa shape index (κ2) is 5.52. The first-order valence-electron chi connectivity index (χ1n) is 4.94. The number of benzene rings is 1. The molecule has 0 N–H and O–H groups in total. The first-order chi connectivity index (χ1) is 8.02. The van der Waals surface area contributed by atoms with Gasteiger partial charge in [-0.25, -0.2) is 18.0 Å². The van der Waals surface area contributed by atoms with Gasteiger partial charge in [0.25, 0.3) is 0 Å². The van der Waals surface area contributed by atoms with Crippen molar-refractivity contribution in [1.29, 1.82) is 0 Å². The Morgan fingerprint density at radius 2 is 2.18 bits per heavy atom. The topological polar surface area (TPSA) is 26.3 Å². The van der Waals surface area contributed by atoms with Crippen molar-refractivity contribution in [3.63, 3.8) is 0 Å². The molecule has 0 amide bonds. The molecular weight excluding hydrogens is 233 g/mol. The Hall–Kier alpha value is -1.78. The number of hydrogen-bond donors (Lipinski definition) is 0. The van der Waals surface area contributed by atoms with Crippen molar-refractivity contribution >= 4 is 12.0 Å². The van der Waals surface area contributed by atoms with Crippen LogP contribution in [0.15, 0.2) is 18.7 Å². The standard InChI is InChI=1S/C12H11F3O2/c1-3-7-5-6-8(13)10(14)9(7)11(15)12(16)17-4-2/h3,5-6,11H,1,4H2,2H3. The summed E-state index contributed by atoms with van der Waals surface area (Å²) in [4.78, 5) is 11.2. The van der Waals surface area contributed by atoms with Crippen LogP contribution in [0.3, 0.4) is 0 Å². The van der Waals surface area contributed by atoms with E-state index in [-0.39, 0.29) is 12.2 Å². The second-order valence-corrected chi connectivity index (χ2v) is 3.18. The molecule has 0 heterocycles. The maximum atomic E-state index is 13.7. The molecule has 1 aromatic rings. The first kappa shape index (κ1) is 13.3. The van der Waals surface area contributed by atoms with Gasteiger partial charge >= 0.3 is 5.97 Å². The number of carbonyl (C=O) groups excluding carboxylic acids is 1. The normalized spacial score (nSPS) is 12.0. The van der Waals surface area contributed by atoms with Crippen LogP contribution < -0.4 is 0 Å². The lowest BCUT2D eigenvalue weighted by atomic mass is 10.0. The van der Waals surface area contributed by atoms with Crippen LogP contribution in [0.25, 0.3) is 6.08 Å². The molecule has 1 unspecified atom stereocenters. The zero-order valence-electron chi connectivity index (χ0n) is 9.17. The molecule has 1 aromatic carbocycles. The van der Waals surface area contributed by atoms with E-state index in [9.17, 15) is 18.0 Å². The van der Waals surface area contributed by atoms with Gasteiger partial charge in [-0.1, -0.05) is 18.7 Å². The molecule has 0 aliphatic rings. The summed E-state index contributed by atoms with van der Waals surface area (Å²) < 4.78 is 44.5. The largest absolute Gasteiger partial charge is 0.464 e. The van der Waals surface area contributed by atoms with E-state index >= 15 is 0 Å². The number of rotatable bonds is 4. The predicted molar refractivity (Wildman–Crippen MR) is 56.9 cm³/mol. The summed E-state index contributed by atoms with van der Waals surface area (Å²) in [6.07, 6.45) is -1.22. The van der Waals surface area contributed by atoms with Crippen LogP contribution in [0.2, 0.25) is 0 Å². The van der Waals surface area contributed by atoms with Crippen LogP contribution in [0.1, 0.15) is 24.2 Å². The Labute approximate surface area is 96.7 Å². The molecule has 0 aromatic heterocycles. The minimum atomic E-state index is -2.36. The van der Waals surface area contributed by atoms with Gasteiger partial charge in [-0.2, -0.15) is 0 Å². The highest BCUT2D eigenvalue weighted by Crippen LogP contribution is 2.28. The third kappa shape index (κ3) is 2.67. The summed E-state index contributed by atoms with van der Waals surface area (Å²) in [6.45, 7) is 4.79. The molecule has 0 spiro atoms. The summed E-state index contributed by atoms with van der Waals surface area (Å²) in [5.74, 6) is -3.87. The number of halogens is 3. The van der Waals surface area contributed by atoms with Crippen molar-refractivity contribution in [1.82, 2.24) is 0 Å². The summed E-state index contributed by atoms with van der Waals surface area (Å²) in [5.41, 5.74) is -0.664. The minimum absolute atomic E-state index is 0.0180. The van der Waals surface area contributed by atoms with Crippen LogP contribution >= 0.6 is 0 Å². The third-order valence-electron chi connectivity index (χ3n) is 2.13. The Morgan fingerprint density at radius 3 is 2.71 bits per heavy atom. The zero-order chi connectivity index (χ0) is 13.0. The van der Waals surface area contributed by atoms with Crippen molar-refractivity contribution in [2.24, 2.45) is 0 Å². The van der Waals surface area contributed by atoms with Crippen molar-refractivity contribution in [3.8, 4) is 0 Å². The fourth-order valence-electron chi connectivity index (χ4n) is 1.35. The van der Waals surface area contributed by atoms with E-state index in [2.05, 4.69) is 11.3 Å². The molecule has 0 aliphatic carbocycles. The van der Waals surface area contributed by atoms with Gasteiger partial charge in [0, 0.05) is 5.56 Å². The molecular formula is C12H11F3O2. The molecule has 0 fully saturated rings. The lowest BCUT2D eigenvalue weighted by molar-refractivity contribution is -0.149. The van der Waals surface area contributed by atoms with Crippen LogP contribution in [0.4, 0.5) is 13.2 Å². The minimum Gasteiger partial charge on any atom is -0.464 e. The fraction of sp³-hybridized carbons (Fsp3) is 0.250. The predicted octanol–water partition coefficient (Wildman–Crippen LogP) is 3.18. The van der Waals surface area contributed by atoms with Gasteiger partial charge in [-0.05, 0) is 18.6 Å². The molecule has 0 saturated carbocycles. The Bertz CT molecular complexity index is 444. The molecule has 17 heavy (non-hydrogen) atoms. The van der Waals surface area contributed by atoms with Gasteiger partial charge in [0.1, 0.15) is 0 Å². The maximum Gasteiger partial charge on any atom is 0.345 e. The number of alkyl halides is 1. The molecule has 1 atom stereocenters. The molecule has 0 radical (unpaired) electrons. The zero-order valence-corrected chi connectivity index (χ0v) is 9.17. The molecule has 0 aliphatic heterocycles. The average molecular weight is 244 g/mol. The molecule has 92 valence electrons. The Morgan fingerprint density at radius 1 is 1.53 bits per heavy atom. The van der Waals surface area contributed by atoms with Crippen LogP contribution in [0.5, 0.6) is 0 Å². The van der Waals surface area contributed by atoms with Crippen LogP contribution in [-0.4, -0.2) is 12.6 Å². The van der Waals surface area contributed by atoms with E-state index in [1.807, 2.05) is 0 Å². The second-order valence-electron chi connectivity index (χ2n) is 3.18. The highest BCUT2D eigenvalue weighted by atomic mass is 19.2. The number of ether oxygens (including phenoxy) is 1. The van der Waals surface area contributed by atoms with Gasteiger partial charge < -0.3 is 4.74 Å². The third-order valence-corrected chi connectivity index (χ3v) is 2.13. The van der Waals surface area contributed by atoms with E-state index in [0.717, 1.165) is 18.2 Å².